The van der Waals surface area contributed by atoms with E-state index in [9.17, 15) is 0 Å². The second kappa shape index (κ2) is 1.46. The van der Waals surface area contributed by atoms with Gasteiger partial charge < -0.3 is 4.52 Å². The second-order valence-electron chi connectivity index (χ2n) is 1.17. The molecule has 0 radical (unpaired) electrons. The van der Waals surface area contributed by atoms with Crippen LogP contribution in [0.15, 0.2) is 4.52 Å². The first-order chi connectivity index (χ1) is 3.29. The summed E-state index contributed by atoms with van der Waals surface area (Å²) < 4.78 is 4.54. The minimum Gasteiger partial charge on any atom is -0.348 e. The fourth-order valence-corrected chi connectivity index (χ4v) is 0.479. The molecule has 0 aromatic carbocycles. The van der Waals surface area contributed by atoms with Crippen LogP contribution in [0.2, 0.25) is 0 Å². The fraction of sp³-hybridized carbons (Fsp3) is 0.333. The number of aromatic amines is 1. The van der Waals surface area contributed by atoms with Crippen LogP contribution in [0.25, 0.3) is 0 Å². The third-order valence-corrected chi connectivity index (χ3v) is 0.720. The predicted octanol–water partition coefficient (Wildman–Crippen LogP) is 1.04. The van der Waals surface area contributed by atoms with Crippen LogP contribution in [-0.4, -0.2) is 10.1 Å². The molecular formula is C3H4N2OS. The highest BCUT2D eigenvalue weighted by molar-refractivity contribution is 7.71. The van der Waals surface area contributed by atoms with Crippen LogP contribution in [0.1, 0.15) is 5.82 Å². The second-order valence-corrected chi connectivity index (χ2v) is 1.52. The Bertz CT molecular complexity index is 201. The number of aryl methyl sites for hydroxylation is 1. The van der Waals surface area contributed by atoms with Gasteiger partial charge in [-0.2, -0.15) is 4.98 Å². The van der Waals surface area contributed by atoms with E-state index in [1.54, 1.807) is 6.92 Å². The number of aromatic nitrogens is 2. The largest absolute Gasteiger partial charge is 0.348 e. The quantitative estimate of drug-likeness (QED) is 0.515. The topological polar surface area (TPSA) is 41.8 Å². The minimum atomic E-state index is 0.262. The molecule has 0 aliphatic heterocycles. The standard InChI is InChI=1S/C3H4N2OS/c1-2-4-3(7)6-5-2/h1H3,(H,4,5,7). The molecule has 1 rings (SSSR count). The molecule has 0 amide bonds. The molecule has 3 nitrogen and oxygen atoms in total. The Labute approximate surface area is 45.3 Å². The summed E-state index contributed by atoms with van der Waals surface area (Å²) in [6.45, 7) is 1.78. The molecule has 1 N–H and O–H groups in total. The lowest BCUT2D eigenvalue weighted by molar-refractivity contribution is 0.400. The average molecular weight is 116 g/mol. The first-order valence-electron chi connectivity index (χ1n) is 1.81. The van der Waals surface area contributed by atoms with Crippen molar-refractivity contribution in [2.75, 3.05) is 0 Å². The Morgan fingerprint density at radius 1 is 1.86 bits per heavy atom. The van der Waals surface area contributed by atoms with Crippen molar-refractivity contribution in [3.8, 4) is 0 Å². The fourth-order valence-electron chi connectivity index (χ4n) is 0.300. The molecule has 0 aliphatic rings. The van der Waals surface area contributed by atoms with Gasteiger partial charge >= 0.3 is 4.84 Å². The van der Waals surface area contributed by atoms with Gasteiger partial charge in [0.05, 0.1) is 0 Å². The third-order valence-electron chi connectivity index (χ3n) is 0.545. The van der Waals surface area contributed by atoms with Crippen LogP contribution in [0.3, 0.4) is 0 Å². The molecule has 0 saturated heterocycles. The highest BCUT2D eigenvalue weighted by Gasteiger charge is 1.83. The number of H-pyrrole nitrogens is 1. The normalized spacial score (nSPS) is 9.29. The lowest BCUT2D eigenvalue weighted by Crippen LogP contribution is -1.67. The predicted molar refractivity (Wildman–Crippen MR) is 26.4 cm³/mol. The molecule has 0 aliphatic carbocycles. The van der Waals surface area contributed by atoms with Crippen LogP contribution in [0.4, 0.5) is 0 Å². The summed E-state index contributed by atoms with van der Waals surface area (Å²) in [5, 5.41) is 2.48. The lowest BCUT2D eigenvalue weighted by Gasteiger charge is -1.65. The number of rotatable bonds is 0. The zero-order chi connectivity index (χ0) is 5.28. The van der Waals surface area contributed by atoms with Crippen molar-refractivity contribution in [2.45, 2.75) is 6.92 Å². The number of nitrogens with one attached hydrogen (secondary N) is 1. The van der Waals surface area contributed by atoms with Gasteiger partial charge in [0.15, 0.2) is 0 Å². The molecule has 0 atom stereocenters. The van der Waals surface area contributed by atoms with Gasteiger partial charge in [0.2, 0.25) is 0 Å². The zero-order valence-corrected chi connectivity index (χ0v) is 4.58. The lowest BCUT2D eigenvalue weighted by atomic mass is 10.8. The van der Waals surface area contributed by atoms with Crippen molar-refractivity contribution in [3.05, 3.63) is 10.7 Å². The van der Waals surface area contributed by atoms with Gasteiger partial charge in [-0.05, 0) is 19.1 Å². The van der Waals surface area contributed by atoms with Crippen molar-refractivity contribution < 1.29 is 4.52 Å². The van der Waals surface area contributed by atoms with Crippen LogP contribution < -0.4 is 0 Å². The van der Waals surface area contributed by atoms with E-state index in [1.165, 1.54) is 0 Å². The van der Waals surface area contributed by atoms with Crippen LogP contribution in [-0.2, 0) is 0 Å². The molecule has 0 unspecified atom stereocenters. The SMILES string of the molecule is Cc1nc(=S)o[nH]1. The van der Waals surface area contributed by atoms with Crippen LogP contribution >= 0.6 is 12.2 Å². The Kier molecular flexibility index (Phi) is 0.941. The van der Waals surface area contributed by atoms with E-state index in [2.05, 4.69) is 26.9 Å². The Morgan fingerprint density at radius 2 is 2.57 bits per heavy atom. The smallest absolute Gasteiger partial charge is 0.314 e. The minimum absolute atomic E-state index is 0.262. The summed E-state index contributed by atoms with van der Waals surface area (Å²) in [5.41, 5.74) is 0. The van der Waals surface area contributed by atoms with E-state index >= 15 is 0 Å². The maximum absolute atomic E-state index is 4.54. The van der Waals surface area contributed by atoms with Gasteiger partial charge in [0.1, 0.15) is 5.82 Å². The van der Waals surface area contributed by atoms with E-state index in [1.807, 2.05) is 0 Å². The first-order valence-corrected chi connectivity index (χ1v) is 2.22. The van der Waals surface area contributed by atoms with Crippen molar-refractivity contribution in [1.29, 1.82) is 0 Å². The number of nitrogens with zero attached hydrogens (tertiary/aromatic N) is 1. The van der Waals surface area contributed by atoms with E-state index in [4.69, 9.17) is 0 Å². The molecule has 1 aromatic rings. The van der Waals surface area contributed by atoms with Gasteiger partial charge in [-0.3, -0.25) is 0 Å². The van der Waals surface area contributed by atoms with Gasteiger partial charge in [-0.25, -0.2) is 5.16 Å². The summed E-state index contributed by atoms with van der Waals surface area (Å²) in [5.74, 6) is 0.713. The summed E-state index contributed by atoms with van der Waals surface area (Å²) >= 11 is 4.52. The average Bonchev–Trinajstić information content (AvgIpc) is 1.87. The summed E-state index contributed by atoms with van der Waals surface area (Å²) in [6.07, 6.45) is 0. The maximum atomic E-state index is 4.54. The molecule has 0 spiro atoms. The molecule has 0 bridgehead atoms. The highest BCUT2D eigenvalue weighted by Crippen LogP contribution is 1.84. The number of hydrogen-bond acceptors (Lipinski definition) is 3. The molecule has 0 fully saturated rings. The molecule has 38 valence electrons. The van der Waals surface area contributed by atoms with Gasteiger partial charge in [0.25, 0.3) is 0 Å². The molecule has 0 saturated carbocycles. The summed E-state index contributed by atoms with van der Waals surface area (Å²) in [7, 11) is 0. The Morgan fingerprint density at radius 3 is 2.71 bits per heavy atom. The molecular weight excluding hydrogens is 112 g/mol. The van der Waals surface area contributed by atoms with E-state index < -0.39 is 0 Å². The van der Waals surface area contributed by atoms with E-state index in [0.29, 0.717) is 5.82 Å². The van der Waals surface area contributed by atoms with Gasteiger partial charge in [-0.1, -0.05) is 0 Å². The molecule has 7 heavy (non-hydrogen) atoms. The Hall–Kier alpha value is -0.640. The van der Waals surface area contributed by atoms with Crippen molar-refractivity contribution >= 4 is 12.2 Å². The van der Waals surface area contributed by atoms with E-state index in [0.717, 1.165) is 0 Å². The van der Waals surface area contributed by atoms with Gasteiger partial charge in [-0.15, -0.1) is 0 Å². The maximum Gasteiger partial charge on any atom is 0.314 e. The Balaban J connectivity index is 3.30. The molecule has 1 aromatic heterocycles. The monoisotopic (exact) mass is 116 g/mol. The van der Waals surface area contributed by atoms with Crippen LogP contribution in [0.5, 0.6) is 0 Å². The van der Waals surface area contributed by atoms with Crippen molar-refractivity contribution in [2.24, 2.45) is 0 Å². The van der Waals surface area contributed by atoms with Crippen molar-refractivity contribution in [1.82, 2.24) is 10.1 Å². The van der Waals surface area contributed by atoms with Crippen molar-refractivity contribution in [3.63, 3.8) is 0 Å². The third kappa shape index (κ3) is 0.866. The first kappa shape index (κ1) is 4.52. The summed E-state index contributed by atoms with van der Waals surface area (Å²) in [6, 6.07) is 0. The summed E-state index contributed by atoms with van der Waals surface area (Å²) in [4.78, 5) is 3.97. The zero-order valence-electron chi connectivity index (χ0n) is 3.76. The number of hydrogen-bond donors (Lipinski definition) is 1. The molecule has 1 heterocycles. The molecule has 4 heteroatoms. The van der Waals surface area contributed by atoms with Crippen LogP contribution in [0, 0.1) is 11.8 Å². The highest BCUT2D eigenvalue weighted by atomic mass is 32.1. The van der Waals surface area contributed by atoms with Gasteiger partial charge in [0, 0.05) is 0 Å². The van der Waals surface area contributed by atoms with E-state index in [-0.39, 0.29) is 4.84 Å².